The fourth-order valence-electron chi connectivity index (χ4n) is 1.05. The maximum atomic E-state index is 5.63. The van der Waals surface area contributed by atoms with E-state index in [9.17, 15) is 0 Å². The van der Waals surface area contributed by atoms with E-state index in [-0.39, 0.29) is 0 Å². The second kappa shape index (κ2) is 2.78. The van der Waals surface area contributed by atoms with Crippen LogP contribution in [0.4, 0.5) is 11.6 Å². The van der Waals surface area contributed by atoms with Gasteiger partial charge in [0.1, 0.15) is 11.6 Å². The van der Waals surface area contributed by atoms with E-state index in [4.69, 9.17) is 16.0 Å². The highest BCUT2D eigenvalue weighted by molar-refractivity contribution is 5.70. The van der Waals surface area contributed by atoms with Crippen LogP contribution in [0.25, 0.3) is 11.3 Å². The van der Waals surface area contributed by atoms with Crippen molar-refractivity contribution in [1.82, 2.24) is 10.1 Å². The zero-order valence-corrected chi connectivity index (χ0v) is 6.77. The molecule has 0 aromatic carbocycles. The largest absolute Gasteiger partial charge is 0.384 e. The Morgan fingerprint density at radius 2 is 2.00 bits per heavy atom. The van der Waals surface area contributed by atoms with Crippen LogP contribution < -0.4 is 11.5 Å². The number of rotatable bonds is 1. The molecule has 0 bridgehead atoms. The minimum absolute atomic E-state index is 0.344. The number of hydrogen-bond acceptors (Lipinski definition) is 5. The first-order chi connectivity index (χ1) is 6.27. The molecule has 0 radical (unpaired) electrons. The van der Waals surface area contributed by atoms with Crippen molar-refractivity contribution >= 4 is 11.6 Å². The zero-order valence-electron chi connectivity index (χ0n) is 6.77. The van der Waals surface area contributed by atoms with Crippen molar-refractivity contribution in [3.05, 3.63) is 24.4 Å². The molecular weight excluding hydrogens is 168 g/mol. The maximum Gasteiger partial charge on any atom is 0.170 e. The number of aromatic nitrogens is 2. The Hall–Kier alpha value is -2.04. The molecule has 2 aromatic heterocycles. The highest BCUT2D eigenvalue weighted by Crippen LogP contribution is 2.24. The fraction of sp³-hybridized carbons (Fsp3) is 0. The van der Waals surface area contributed by atoms with Crippen molar-refractivity contribution in [2.24, 2.45) is 0 Å². The summed E-state index contributed by atoms with van der Waals surface area (Å²) >= 11 is 0. The summed E-state index contributed by atoms with van der Waals surface area (Å²) in [5.41, 5.74) is 11.8. The van der Waals surface area contributed by atoms with Gasteiger partial charge in [0.2, 0.25) is 0 Å². The van der Waals surface area contributed by atoms with E-state index in [0.717, 1.165) is 0 Å². The highest BCUT2D eigenvalue weighted by Gasteiger charge is 2.06. The Labute approximate surface area is 74.4 Å². The van der Waals surface area contributed by atoms with Crippen LogP contribution in [0.1, 0.15) is 0 Å². The molecule has 2 rings (SSSR count). The van der Waals surface area contributed by atoms with Crippen LogP contribution in [0, 0.1) is 0 Å². The average molecular weight is 176 g/mol. The first kappa shape index (κ1) is 7.60. The predicted molar refractivity (Wildman–Crippen MR) is 48.6 cm³/mol. The van der Waals surface area contributed by atoms with E-state index in [0.29, 0.717) is 23.0 Å². The molecule has 66 valence electrons. The van der Waals surface area contributed by atoms with E-state index < -0.39 is 0 Å². The van der Waals surface area contributed by atoms with Crippen molar-refractivity contribution in [2.75, 3.05) is 11.5 Å². The van der Waals surface area contributed by atoms with Crippen LogP contribution in [-0.2, 0) is 0 Å². The van der Waals surface area contributed by atoms with Crippen LogP contribution in [0.15, 0.2) is 28.9 Å². The average Bonchev–Trinajstić information content (AvgIpc) is 2.56. The second-order valence-electron chi connectivity index (χ2n) is 2.55. The van der Waals surface area contributed by atoms with Gasteiger partial charge in [0.15, 0.2) is 5.76 Å². The Kier molecular flexibility index (Phi) is 1.63. The smallest absolute Gasteiger partial charge is 0.170 e. The topological polar surface area (TPSA) is 91.0 Å². The van der Waals surface area contributed by atoms with Gasteiger partial charge in [-0.05, 0) is 12.1 Å². The van der Waals surface area contributed by atoms with Crippen LogP contribution in [0.2, 0.25) is 0 Å². The SMILES string of the molecule is Nc1ccc(-c2ccno2)c(N)n1. The third-order valence-corrected chi connectivity index (χ3v) is 1.65. The third kappa shape index (κ3) is 1.31. The number of nitrogens with zero attached hydrogens (tertiary/aromatic N) is 2. The first-order valence-electron chi connectivity index (χ1n) is 3.70. The molecule has 0 saturated heterocycles. The van der Waals surface area contributed by atoms with Crippen molar-refractivity contribution in [3.63, 3.8) is 0 Å². The van der Waals surface area contributed by atoms with Crippen molar-refractivity contribution in [2.45, 2.75) is 0 Å². The molecule has 5 heteroatoms. The number of pyridine rings is 1. The van der Waals surface area contributed by atoms with Gasteiger partial charge in [0.05, 0.1) is 11.8 Å². The number of nitrogens with two attached hydrogens (primary N) is 2. The molecule has 0 amide bonds. The summed E-state index contributed by atoms with van der Waals surface area (Å²) in [6.07, 6.45) is 1.55. The number of nitrogen functional groups attached to an aromatic ring is 2. The molecule has 13 heavy (non-hydrogen) atoms. The summed E-state index contributed by atoms with van der Waals surface area (Å²) in [7, 11) is 0. The molecule has 0 unspecified atom stereocenters. The van der Waals surface area contributed by atoms with Gasteiger partial charge >= 0.3 is 0 Å². The molecule has 0 aliphatic heterocycles. The van der Waals surface area contributed by atoms with Gasteiger partial charge in [-0.25, -0.2) is 4.98 Å². The lowest BCUT2D eigenvalue weighted by molar-refractivity contribution is 0.432. The second-order valence-corrected chi connectivity index (χ2v) is 2.55. The summed E-state index contributed by atoms with van der Waals surface area (Å²) in [5, 5.41) is 3.57. The summed E-state index contributed by atoms with van der Waals surface area (Å²) < 4.78 is 4.93. The molecule has 0 spiro atoms. The van der Waals surface area contributed by atoms with Crippen molar-refractivity contribution in [3.8, 4) is 11.3 Å². The molecule has 2 aromatic rings. The Bertz CT molecular complexity index is 410. The minimum Gasteiger partial charge on any atom is -0.384 e. The molecule has 0 atom stereocenters. The Morgan fingerprint density at radius 3 is 2.62 bits per heavy atom. The standard InChI is InChI=1S/C8H8N4O/c9-7-2-1-5(8(10)12-7)6-3-4-11-13-6/h1-4H,(H4,9,10,12). The van der Waals surface area contributed by atoms with Gasteiger partial charge < -0.3 is 16.0 Å². The quantitative estimate of drug-likeness (QED) is 0.673. The summed E-state index contributed by atoms with van der Waals surface area (Å²) in [4.78, 5) is 3.90. The van der Waals surface area contributed by atoms with Crippen LogP contribution in [0.3, 0.4) is 0 Å². The summed E-state index contributed by atoms with van der Waals surface area (Å²) in [5.74, 6) is 1.32. The zero-order chi connectivity index (χ0) is 9.26. The van der Waals surface area contributed by atoms with Gasteiger partial charge in [0, 0.05) is 6.07 Å². The summed E-state index contributed by atoms with van der Waals surface area (Å²) in [6.45, 7) is 0. The molecule has 0 fully saturated rings. The molecule has 0 saturated carbocycles. The molecule has 2 heterocycles. The first-order valence-corrected chi connectivity index (χ1v) is 3.70. The molecule has 4 N–H and O–H groups in total. The number of hydrogen-bond donors (Lipinski definition) is 2. The van der Waals surface area contributed by atoms with Gasteiger partial charge in [-0.3, -0.25) is 0 Å². The van der Waals surface area contributed by atoms with Gasteiger partial charge in [0.25, 0.3) is 0 Å². The van der Waals surface area contributed by atoms with Crippen LogP contribution in [0.5, 0.6) is 0 Å². The Morgan fingerprint density at radius 1 is 1.15 bits per heavy atom. The van der Waals surface area contributed by atoms with Crippen LogP contribution >= 0.6 is 0 Å². The van der Waals surface area contributed by atoms with Crippen molar-refractivity contribution in [1.29, 1.82) is 0 Å². The molecular formula is C8H8N4O. The Balaban J connectivity index is 2.53. The molecule has 5 nitrogen and oxygen atoms in total. The lowest BCUT2D eigenvalue weighted by Crippen LogP contribution is -1.97. The lowest BCUT2D eigenvalue weighted by atomic mass is 10.2. The van der Waals surface area contributed by atoms with Gasteiger partial charge in [-0.1, -0.05) is 5.16 Å². The predicted octanol–water partition coefficient (Wildman–Crippen LogP) is 0.901. The van der Waals surface area contributed by atoms with E-state index in [1.165, 1.54) is 0 Å². The van der Waals surface area contributed by atoms with E-state index in [1.54, 1.807) is 24.4 Å². The van der Waals surface area contributed by atoms with Gasteiger partial charge in [-0.15, -0.1) is 0 Å². The molecule has 0 aliphatic carbocycles. The fourth-order valence-corrected chi connectivity index (χ4v) is 1.05. The monoisotopic (exact) mass is 176 g/mol. The minimum atomic E-state index is 0.344. The van der Waals surface area contributed by atoms with E-state index in [1.807, 2.05) is 0 Å². The van der Waals surface area contributed by atoms with Crippen molar-refractivity contribution < 1.29 is 4.52 Å². The number of anilines is 2. The highest BCUT2D eigenvalue weighted by atomic mass is 16.5. The van der Waals surface area contributed by atoms with E-state index >= 15 is 0 Å². The van der Waals surface area contributed by atoms with Crippen LogP contribution in [-0.4, -0.2) is 10.1 Å². The normalized spacial score (nSPS) is 10.2. The molecule has 0 aliphatic rings. The lowest BCUT2D eigenvalue weighted by Gasteiger charge is -2.00. The summed E-state index contributed by atoms with van der Waals surface area (Å²) in [6, 6.07) is 5.12. The van der Waals surface area contributed by atoms with Gasteiger partial charge in [-0.2, -0.15) is 0 Å². The maximum absolute atomic E-state index is 5.63. The van der Waals surface area contributed by atoms with E-state index in [2.05, 4.69) is 10.1 Å². The third-order valence-electron chi connectivity index (χ3n) is 1.65.